The van der Waals surface area contributed by atoms with Crippen molar-refractivity contribution in [3.8, 4) is 11.3 Å². The van der Waals surface area contributed by atoms with Gasteiger partial charge in [-0.2, -0.15) is 5.10 Å². The third-order valence-corrected chi connectivity index (χ3v) is 6.16. The minimum absolute atomic E-state index is 0.260. The normalized spacial score (nSPS) is 15.0. The van der Waals surface area contributed by atoms with Crippen LogP contribution in [0.2, 0.25) is 0 Å². The Hall–Kier alpha value is -3.69. The second kappa shape index (κ2) is 8.92. The van der Waals surface area contributed by atoms with Gasteiger partial charge in [-0.25, -0.2) is 19.0 Å². The number of aryl methyl sites for hydroxylation is 2. The van der Waals surface area contributed by atoms with Gasteiger partial charge < -0.3 is 14.7 Å². The maximum atomic E-state index is 15.2. The molecule has 2 aromatic heterocycles. The lowest BCUT2D eigenvalue weighted by molar-refractivity contribution is 0.122. The lowest BCUT2D eigenvalue weighted by atomic mass is 9.95. The van der Waals surface area contributed by atoms with Gasteiger partial charge in [-0.15, -0.1) is 0 Å². The van der Waals surface area contributed by atoms with Gasteiger partial charge in [0.1, 0.15) is 18.2 Å². The molecule has 4 aromatic rings. The van der Waals surface area contributed by atoms with Crippen molar-refractivity contribution in [3.63, 3.8) is 0 Å². The molecule has 2 aromatic carbocycles. The zero-order valence-electron chi connectivity index (χ0n) is 18.9. The number of aliphatic hydroxyl groups is 1. The molecule has 0 amide bonds. The van der Waals surface area contributed by atoms with E-state index < -0.39 is 11.9 Å². The molecule has 0 spiro atoms. The summed E-state index contributed by atoms with van der Waals surface area (Å²) in [5, 5.41) is 15.8. The maximum Gasteiger partial charge on any atom is 0.266 e. The molecule has 1 atom stereocenters. The Kier molecular flexibility index (Phi) is 5.80. The number of ether oxygens (including phenoxy) is 1. The van der Waals surface area contributed by atoms with E-state index in [2.05, 4.69) is 20.0 Å². The summed E-state index contributed by atoms with van der Waals surface area (Å²) in [7, 11) is 1.51. The molecular formula is C25H24FN5O3. The van der Waals surface area contributed by atoms with Gasteiger partial charge in [-0.1, -0.05) is 0 Å². The zero-order valence-corrected chi connectivity index (χ0v) is 18.9. The quantitative estimate of drug-likeness (QED) is 0.500. The number of benzene rings is 2. The van der Waals surface area contributed by atoms with Crippen LogP contribution in [0, 0.1) is 12.7 Å². The van der Waals surface area contributed by atoms with Crippen LogP contribution in [0.1, 0.15) is 22.9 Å². The topological polar surface area (TPSA) is 93.4 Å². The van der Waals surface area contributed by atoms with Crippen LogP contribution in [-0.4, -0.2) is 51.2 Å². The molecule has 1 N–H and O–H groups in total. The Morgan fingerprint density at radius 2 is 1.88 bits per heavy atom. The van der Waals surface area contributed by atoms with Crippen molar-refractivity contribution in [1.29, 1.82) is 0 Å². The molecule has 1 fully saturated rings. The maximum absolute atomic E-state index is 15.2. The van der Waals surface area contributed by atoms with E-state index in [0.717, 1.165) is 23.5 Å². The third kappa shape index (κ3) is 4.04. The van der Waals surface area contributed by atoms with E-state index in [-0.39, 0.29) is 11.1 Å². The van der Waals surface area contributed by atoms with Gasteiger partial charge in [0.05, 0.1) is 30.1 Å². The largest absolute Gasteiger partial charge is 0.382 e. The predicted octanol–water partition coefficient (Wildman–Crippen LogP) is 2.76. The third-order valence-electron chi connectivity index (χ3n) is 6.16. The fourth-order valence-corrected chi connectivity index (χ4v) is 4.27. The van der Waals surface area contributed by atoms with Crippen molar-refractivity contribution >= 4 is 16.6 Å². The smallest absolute Gasteiger partial charge is 0.266 e. The highest BCUT2D eigenvalue weighted by atomic mass is 19.1. The number of aromatic nitrogens is 4. The molecule has 3 heterocycles. The number of halogens is 1. The monoisotopic (exact) mass is 461 g/mol. The van der Waals surface area contributed by atoms with Crippen molar-refractivity contribution in [2.24, 2.45) is 7.05 Å². The summed E-state index contributed by atoms with van der Waals surface area (Å²) in [5.74, 6) is -0.445. The van der Waals surface area contributed by atoms with E-state index in [1.165, 1.54) is 31.6 Å². The molecule has 0 radical (unpaired) electrons. The number of rotatable bonds is 4. The van der Waals surface area contributed by atoms with Crippen LogP contribution in [-0.2, 0) is 11.8 Å². The summed E-state index contributed by atoms with van der Waals surface area (Å²) in [6, 6.07) is 11.7. The van der Waals surface area contributed by atoms with Gasteiger partial charge in [-0.05, 0) is 54.4 Å². The summed E-state index contributed by atoms with van der Waals surface area (Å²) in [6.07, 6.45) is 0.289. The van der Waals surface area contributed by atoms with Crippen LogP contribution in [0.15, 0.2) is 53.6 Å². The highest BCUT2D eigenvalue weighted by molar-refractivity contribution is 5.94. The van der Waals surface area contributed by atoms with Crippen molar-refractivity contribution in [1.82, 2.24) is 19.7 Å². The average Bonchev–Trinajstić information content (AvgIpc) is 2.85. The standard InChI is InChI=1S/C25H24FN5O3/c1-15-11-20(26)19(13-18(15)25(33)21-5-6-23(32)30(2)29-21)24-17-4-3-16(12-22(17)27-14-28-24)31-7-9-34-10-8-31/h3-6,11-14,25,33H,7-10H2,1-2H3. The molecule has 8 nitrogen and oxygen atoms in total. The molecule has 1 unspecified atom stereocenters. The summed E-state index contributed by atoms with van der Waals surface area (Å²) < 4.78 is 21.8. The van der Waals surface area contributed by atoms with Gasteiger partial charge in [0.25, 0.3) is 5.56 Å². The molecule has 174 valence electrons. The van der Waals surface area contributed by atoms with Gasteiger partial charge in [0.15, 0.2) is 0 Å². The van der Waals surface area contributed by atoms with E-state index in [0.29, 0.717) is 46.6 Å². The average molecular weight is 461 g/mol. The van der Waals surface area contributed by atoms with Gasteiger partial charge in [-0.3, -0.25) is 4.79 Å². The van der Waals surface area contributed by atoms with Crippen molar-refractivity contribution < 1.29 is 14.2 Å². The van der Waals surface area contributed by atoms with Crippen LogP contribution in [0.25, 0.3) is 22.2 Å². The van der Waals surface area contributed by atoms with E-state index in [1.54, 1.807) is 13.0 Å². The van der Waals surface area contributed by atoms with Crippen molar-refractivity contribution in [2.75, 3.05) is 31.2 Å². The predicted molar refractivity (Wildman–Crippen MR) is 126 cm³/mol. The summed E-state index contributed by atoms with van der Waals surface area (Å²) in [4.78, 5) is 22.7. The van der Waals surface area contributed by atoms with E-state index in [4.69, 9.17) is 4.74 Å². The Morgan fingerprint density at radius 3 is 2.65 bits per heavy atom. The highest BCUT2D eigenvalue weighted by Crippen LogP contribution is 2.34. The number of fused-ring (bicyclic) bond motifs is 1. The molecular weight excluding hydrogens is 437 g/mol. The Labute approximate surface area is 195 Å². The molecule has 1 aliphatic heterocycles. The molecule has 0 aliphatic carbocycles. The Morgan fingerprint density at radius 1 is 1.09 bits per heavy atom. The molecule has 9 heteroatoms. The molecule has 1 saturated heterocycles. The summed E-state index contributed by atoms with van der Waals surface area (Å²) in [5.41, 5.74) is 3.50. The number of hydrogen-bond donors (Lipinski definition) is 1. The SMILES string of the molecule is Cc1cc(F)c(-c2ncnc3cc(N4CCOCC4)ccc23)cc1C(O)c1ccc(=O)n(C)n1. The van der Waals surface area contributed by atoms with Crippen molar-refractivity contribution in [3.05, 3.63) is 81.8 Å². The van der Waals surface area contributed by atoms with Crippen LogP contribution < -0.4 is 10.5 Å². The second-order valence-corrected chi connectivity index (χ2v) is 8.33. The van der Waals surface area contributed by atoms with E-state index in [1.807, 2.05) is 18.2 Å². The number of hydrogen-bond acceptors (Lipinski definition) is 7. The molecule has 5 rings (SSSR count). The number of aliphatic hydroxyl groups excluding tert-OH is 1. The number of morpholine rings is 1. The van der Waals surface area contributed by atoms with Gasteiger partial charge in [0, 0.05) is 42.8 Å². The van der Waals surface area contributed by atoms with Crippen LogP contribution in [0.4, 0.5) is 10.1 Å². The molecule has 1 aliphatic rings. The highest BCUT2D eigenvalue weighted by Gasteiger charge is 2.21. The summed E-state index contributed by atoms with van der Waals surface area (Å²) in [6.45, 7) is 4.68. The van der Waals surface area contributed by atoms with Gasteiger partial charge in [0.2, 0.25) is 0 Å². The van der Waals surface area contributed by atoms with Crippen LogP contribution >= 0.6 is 0 Å². The van der Waals surface area contributed by atoms with E-state index >= 15 is 4.39 Å². The van der Waals surface area contributed by atoms with Crippen molar-refractivity contribution in [2.45, 2.75) is 13.0 Å². The zero-order chi connectivity index (χ0) is 23.8. The fraction of sp³-hybridized carbons (Fsp3) is 0.280. The lowest BCUT2D eigenvalue weighted by Gasteiger charge is -2.29. The Balaban J connectivity index is 1.58. The first kappa shape index (κ1) is 22.1. The molecule has 0 bridgehead atoms. The molecule has 0 saturated carbocycles. The number of nitrogens with zero attached hydrogens (tertiary/aromatic N) is 5. The first-order valence-electron chi connectivity index (χ1n) is 11.0. The lowest BCUT2D eigenvalue weighted by Crippen LogP contribution is -2.36. The van der Waals surface area contributed by atoms with Crippen LogP contribution in [0.3, 0.4) is 0 Å². The summed E-state index contributed by atoms with van der Waals surface area (Å²) >= 11 is 0. The first-order valence-corrected chi connectivity index (χ1v) is 11.0. The minimum Gasteiger partial charge on any atom is -0.382 e. The van der Waals surface area contributed by atoms with E-state index in [9.17, 15) is 9.90 Å². The minimum atomic E-state index is -1.13. The molecule has 34 heavy (non-hydrogen) atoms. The first-order chi connectivity index (χ1) is 16.4. The second-order valence-electron chi connectivity index (χ2n) is 8.33. The van der Waals surface area contributed by atoms with Gasteiger partial charge >= 0.3 is 0 Å². The number of anilines is 1. The van der Waals surface area contributed by atoms with Crippen LogP contribution in [0.5, 0.6) is 0 Å². The fourth-order valence-electron chi connectivity index (χ4n) is 4.27. The Bertz CT molecular complexity index is 1430.